The summed E-state index contributed by atoms with van der Waals surface area (Å²) in [5, 5.41) is 3.66. The van der Waals surface area contributed by atoms with Crippen molar-refractivity contribution in [3.8, 4) is 0 Å². The summed E-state index contributed by atoms with van der Waals surface area (Å²) in [6, 6.07) is 1.11. The van der Waals surface area contributed by atoms with Crippen LogP contribution in [0.25, 0.3) is 0 Å². The van der Waals surface area contributed by atoms with E-state index in [4.69, 9.17) is 4.74 Å². The van der Waals surface area contributed by atoms with Crippen LogP contribution < -0.4 is 5.32 Å². The smallest absolute Gasteiger partial charge is 0.409 e. The quantitative estimate of drug-likeness (QED) is 0.822. The standard InChI is InChI=1S/C14H28N2O2/c1-5-18-14(17)16-8-6-13(7-9-16)15-12(4)10-11(2)3/h11-13,15H,5-10H2,1-4H3. The lowest BCUT2D eigenvalue weighted by Gasteiger charge is -2.33. The molecule has 1 heterocycles. The molecule has 1 aliphatic rings. The van der Waals surface area contributed by atoms with Crippen molar-refractivity contribution in [3.63, 3.8) is 0 Å². The second-order valence-corrected chi connectivity index (χ2v) is 5.66. The fourth-order valence-corrected chi connectivity index (χ4v) is 2.62. The molecule has 1 fully saturated rings. The third-order valence-electron chi connectivity index (χ3n) is 3.37. The zero-order valence-corrected chi connectivity index (χ0v) is 12.2. The van der Waals surface area contributed by atoms with Crippen LogP contribution in [-0.2, 0) is 4.74 Å². The first-order valence-electron chi connectivity index (χ1n) is 7.20. The number of piperidine rings is 1. The fourth-order valence-electron chi connectivity index (χ4n) is 2.62. The largest absolute Gasteiger partial charge is 0.450 e. The fraction of sp³-hybridized carbons (Fsp3) is 0.929. The summed E-state index contributed by atoms with van der Waals surface area (Å²) in [4.78, 5) is 13.4. The summed E-state index contributed by atoms with van der Waals surface area (Å²) in [7, 11) is 0. The van der Waals surface area contributed by atoms with Crippen molar-refractivity contribution < 1.29 is 9.53 Å². The molecule has 106 valence electrons. The highest BCUT2D eigenvalue weighted by atomic mass is 16.6. The Morgan fingerprint density at radius 3 is 2.44 bits per heavy atom. The van der Waals surface area contributed by atoms with Gasteiger partial charge in [0.15, 0.2) is 0 Å². The molecule has 0 radical (unpaired) electrons. The Morgan fingerprint density at radius 2 is 1.94 bits per heavy atom. The molecule has 0 spiro atoms. The summed E-state index contributed by atoms with van der Waals surface area (Å²) in [5.74, 6) is 0.729. The zero-order chi connectivity index (χ0) is 13.5. The van der Waals surface area contributed by atoms with Crippen molar-refractivity contribution in [1.82, 2.24) is 10.2 Å². The molecule has 0 bridgehead atoms. The van der Waals surface area contributed by atoms with Crippen molar-refractivity contribution in [2.75, 3.05) is 19.7 Å². The van der Waals surface area contributed by atoms with E-state index in [-0.39, 0.29) is 6.09 Å². The molecule has 1 amide bonds. The number of carbonyl (C=O) groups excluding carboxylic acids is 1. The van der Waals surface area contributed by atoms with E-state index in [1.54, 1.807) is 0 Å². The van der Waals surface area contributed by atoms with E-state index in [2.05, 4.69) is 26.1 Å². The Balaban J connectivity index is 2.24. The predicted octanol–water partition coefficient (Wildman–Crippen LogP) is 2.63. The van der Waals surface area contributed by atoms with Gasteiger partial charge in [0.2, 0.25) is 0 Å². The number of ether oxygens (including phenoxy) is 1. The van der Waals surface area contributed by atoms with Crippen LogP contribution in [0.5, 0.6) is 0 Å². The summed E-state index contributed by atoms with van der Waals surface area (Å²) in [6.07, 6.45) is 3.10. The highest BCUT2D eigenvalue weighted by Gasteiger charge is 2.24. The number of hydrogen-bond donors (Lipinski definition) is 1. The monoisotopic (exact) mass is 256 g/mol. The van der Waals surface area contributed by atoms with Gasteiger partial charge in [0.25, 0.3) is 0 Å². The SMILES string of the molecule is CCOC(=O)N1CCC(NC(C)CC(C)C)CC1. The molecule has 1 atom stereocenters. The number of rotatable bonds is 5. The van der Waals surface area contributed by atoms with Crippen LogP contribution in [0.4, 0.5) is 4.79 Å². The minimum Gasteiger partial charge on any atom is -0.450 e. The van der Waals surface area contributed by atoms with Gasteiger partial charge in [-0.05, 0) is 39.0 Å². The summed E-state index contributed by atoms with van der Waals surface area (Å²) in [5.41, 5.74) is 0. The Labute approximate surface area is 111 Å². The Hall–Kier alpha value is -0.770. The van der Waals surface area contributed by atoms with Crippen LogP contribution in [0, 0.1) is 5.92 Å². The van der Waals surface area contributed by atoms with Crippen molar-refractivity contribution in [2.45, 2.75) is 59.0 Å². The molecular weight excluding hydrogens is 228 g/mol. The topological polar surface area (TPSA) is 41.6 Å². The first-order chi connectivity index (χ1) is 8.52. The van der Waals surface area contributed by atoms with E-state index in [9.17, 15) is 4.79 Å². The second-order valence-electron chi connectivity index (χ2n) is 5.66. The first-order valence-corrected chi connectivity index (χ1v) is 7.20. The average molecular weight is 256 g/mol. The lowest BCUT2D eigenvalue weighted by molar-refractivity contribution is 0.0941. The Morgan fingerprint density at radius 1 is 1.33 bits per heavy atom. The molecule has 1 N–H and O–H groups in total. The summed E-state index contributed by atoms with van der Waals surface area (Å²) in [6.45, 7) is 10.7. The van der Waals surface area contributed by atoms with Crippen molar-refractivity contribution in [2.24, 2.45) is 5.92 Å². The number of likely N-dealkylation sites (tertiary alicyclic amines) is 1. The van der Waals surface area contributed by atoms with Gasteiger partial charge in [0.05, 0.1) is 6.61 Å². The Bertz CT molecular complexity index is 248. The number of hydrogen-bond acceptors (Lipinski definition) is 3. The number of carbonyl (C=O) groups is 1. The van der Waals surface area contributed by atoms with Crippen molar-refractivity contribution in [1.29, 1.82) is 0 Å². The Kier molecular flexibility index (Phi) is 6.47. The number of amides is 1. The van der Waals surface area contributed by atoms with Gasteiger partial charge in [-0.2, -0.15) is 0 Å². The van der Waals surface area contributed by atoms with Crippen LogP contribution in [0.1, 0.15) is 47.0 Å². The van der Waals surface area contributed by atoms with Gasteiger partial charge in [0.1, 0.15) is 0 Å². The second kappa shape index (κ2) is 7.62. The highest BCUT2D eigenvalue weighted by molar-refractivity contribution is 5.67. The van der Waals surface area contributed by atoms with Gasteiger partial charge in [0, 0.05) is 25.2 Å². The van der Waals surface area contributed by atoms with E-state index in [1.165, 1.54) is 6.42 Å². The maximum absolute atomic E-state index is 11.6. The van der Waals surface area contributed by atoms with E-state index in [0.717, 1.165) is 31.8 Å². The molecule has 4 nitrogen and oxygen atoms in total. The normalized spacial score (nSPS) is 19.1. The molecule has 0 saturated carbocycles. The minimum atomic E-state index is -0.161. The molecule has 1 aliphatic heterocycles. The van der Waals surface area contributed by atoms with Gasteiger partial charge in [-0.3, -0.25) is 0 Å². The molecule has 4 heteroatoms. The maximum atomic E-state index is 11.6. The summed E-state index contributed by atoms with van der Waals surface area (Å²) >= 11 is 0. The first kappa shape index (κ1) is 15.3. The average Bonchev–Trinajstić information content (AvgIpc) is 2.29. The van der Waals surface area contributed by atoms with Crippen molar-refractivity contribution in [3.05, 3.63) is 0 Å². The van der Waals surface area contributed by atoms with Crippen molar-refractivity contribution >= 4 is 6.09 Å². The predicted molar refractivity (Wildman–Crippen MR) is 73.7 cm³/mol. The highest BCUT2D eigenvalue weighted by Crippen LogP contribution is 2.13. The van der Waals surface area contributed by atoms with E-state index in [1.807, 2.05) is 11.8 Å². The molecule has 0 aromatic heterocycles. The molecule has 18 heavy (non-hydrogen) atoms. The number of nitrogens with one attached hydrogen (secondary N) is 1. The van der Waals surface area contributed by atoms with Crippen LogP contribution in [0.2, 0.25) is 0 Å². The molecule has 1 saturated heterocycles. The summed E-state index contributed by atoms with van der Waals surface area (Å²) < 4.78 is 5.02. The lowest BCUT2D eigenvalue weighted by Crippen LogP contribution is -2.47. The van der Waals surface area contributed by atoms with Crippen LogP contribution in [0.3, 0.4) is 0 Å². The molecule has 0 aromatic rings. The van der Waals surface area contributed by atoms with Gasteiger partial charge < -0.3 is 15.0 Å². The van der Waals surface area contributed by atoms with E-state index < -0.39 is 0 Å². The minimum absolute atomic E-state index is 0.161. The molecule has 1 rings (SSSR count). The van der Waals surface area contributed by atoms with Crippen LogP contribution >= 0.6 is 0 Å². The zero-order valence-electron chi connectivity index (χ0n) is 12.2. The molecule has 0 aliphatic carbocycles. The van der Waals surface area contributed by atoms with Crippen LogP contribution in [0.15, 0.2) is 0 Å². The third-order valence-corrected chi connectivity index (χ3v) is 3.37. The van der Waals surface area contributed by atoms with Gasteiger partial charge in [-0.15, -0.1) is 0 Å². The molecule has 0 aromatic carbocycles. The maximum Gasteiger partial charge on any atom is 0.409 e. The van der Waals surface area contributed by atoms with Gasteiger partial charge in [-0.25, -0.2) is 4.79 Å². The lowest BCUT2D eigenvalue weighted by atomic mass is 10.0. The van der Waals surface area contributed by atoms with E-state index >= 15 is 0 Å². The van der Waals surface area contributed by atoms with Gasteiger partial charge >= 0.3 is 6.09 Å². The number of nitrogens with zero attached hydrogens (tertiary/aromatic N) is 1. The van der Waals surface area contributed by atoms with Crippen LogP contribution in [-0.4, -0.2) is 42.8 Å². The van der Waals surface area contributed by atoms with Gasteiger partial charge in [-0.1, -0.05) is 13.8 Å². The molecule has 1 unspecified atom stereocenters. The molecular formula is C14H28N2O2. The third kappa shape index (κ3) is 5.25. The van der Waals surface area contributed by atoms with E-state index in [0.29, 0.717) is 18.7 Å².